The molecule has 2 fully saturated rings. The Kier molecular flexibility index (Phi) is 6.72. The van der Waals surface area contributed by atoms with Gasteiger partial charge in [-0.1, -0.05) is 41.3 Å². The Morgan fingerprint density at radius 2 is 2.04 bits per heavy atom. The molecule has 142 valence electrons. The van der Waals surface area contributed by atoms with Crippen molar-refractivity contribution in [2.24, 2.45) is 23.2 Å². The van der Waals surface area contributed by atoms with Crippen LogP contribution in [0.5, 0.6) is 0 Å². The first-order chi connectivity index (χ1) is 11.5. The fourth-order valence-electron chi connectivity index (χ4n) is 5.50. The molecule has 0 aliphatic heterocycles. The van der Waals surface area contributed by atoms with E-state index in [1.165, 1.54) is 32.1 Å². The van der Waals surface area contributed by atoms with E-state index in [0.717, 1.165) is 18.3 Å². The molecule has 0 bridgehead atoms. The number of hydrogen-bond donors (Lipinski definition) is 0. The summed E-state index contributed by atoms with van der Waals surface area (Å²) < 4.78 is 6.22. The Morgan fingerprint density at radius 1 is 1.36 bits per heavy atom. The molecule has 0 aromatic rings. The van der Waals surface area contributed by atoms with Gasteiger partial charge in [0.25, 0.3) is 0 Å². The maximum absolute atomic E-state index is 6.22. The van der Waals surface area contributed by atoms with Crippen LogP contribution >= 0.6 is 15.9 Å². The van der Waals surface area contributed by atoms with E-state index >= 15 is 0 Å². The van der Waals surface area contributed by atoms with E-state index in [1.807, 2.05) is 0 Å². The molecule has 2 rings (SSSR count). The Labute approximate surface area is 165 Å². The van der Waals surface area contributed by atoms with Crippen molar-refractivity contribution in [3.05, 3.63) is 10.6 Å². The third kappa shape index (κ3) is 5.24. The van der Waals surface area contributed by atoms with Crippen molar-refractivity contribution in [1.82, 2.24) is 0 Å². The van der Waals surface area contributed by atoms with Crippen molar-refractivity contribution in [3.8, 4) is 11.8 Å². The zero-order valence-electron chi connectivity index (χ0n) is 17.3. The quantitative estimate of drug-likeness (QED) is 0.343. The van der Waals surface area contributed by atoms with Crippen molar-refractivity contribution in [3.63, 3.8) is 0 Å². The van der Waals surface area contributed by atoms with Gasteiger partial charge in [-0.15, -0.1) is 5.92 Å². The highest BCUT2D eigenvalue weighted by atomic mass is 79.9. The number of allylic oxidation sites excluding steroid dienone is 1. The monoisotopic (exact) mass is 424 g/mol. The minimum atomic E-state index is -1.56. The summed E-state index contributed by atoms with van der Waals surface area (Å²) in [6, 6.07) is 0. The summed E-state index contributed by atoms with van der Waals surface area (Å²) in [5.74, 6) is 9.16. The van der Waals surface area contributed by atoms with Gasteiger partial charge in [-0.3, -0.25) is 0 Å². The number of rotatable bonds is 4. The third-order valence-electron chi connectivity index (χ3n) is 6.24. The zero-order valence-corrected chi connectivity index (χ0v) is 19.9. The van der Waals surface area contributed by atoms with Crippen LogP contribution in [0.4, 0.5) is 0 Å². The molecule has 2 aliphatic rings. The van der Waals surface area contributed by atoms with E-state index in [-0.39, 0.29) is 5.60 Å². The van der Waals surface area contributed by atoms with Crippen LogP contribution in [-0.2, 0) is 4.43 Å². The van der Waals surface area contributed by atoms with Crippen molar-refractivity contribution >= 4 is 24.2 Å². The largest absolute Gasteiger partial charge is 0.402 e. The first kappa shape index (κ1) is 21.3. The minimum absolute atomic E-state index is 0.316. The molecule has 2 saturated carbocycles. The van der Waals surface area contributed by atoms with Crippen LogP contribution in [0, 0.1) is 35.0 Å². The second kappa shape index (κ2) is 7.91. The fourth-order valence-corrected chi connectivity index (χ4v) is 7.63. The summed E-state index contributed by atoms with van der Waals surface area (Å²) in [6.07, 6.45) is 7.74. The SMILES string of the molecule is C[C@H](CC#CC(C)(C)O[Si](C)(C)C)[C@H]1CC[C@H]2/C(=C/Br)CCC[C@]12C. The van der Waals surface area contributed by atoms with Crippen LogP contribution in [0.1, 0.15) is 66.2 Å². The predicted octanol–water partition coefficient (Wildman–Crippen LogP) is 7.14. The normalized spacial score (nSPS) is 32.9. The van der Waals surface area contributed by atoms with E-state index in [0.29, 0.717) is 11.3 Å². The molecule has 0 spiro atoms. The Balaban J connectivity index is 2.03. The van der Waals surface area contributed by atoms with E-state index in [4.69, 9.17) is 4.43 Å². The second-order valence-corrected chi connectivity index (χ2v) is 14.9. The minimum Gasteiger partial charge on any atom is -0.402 e. The molecule has 0 heterocycles. The Hall–Kier alpha value is -0.0431. The van der Waals surface area contributed by atoms with Crippen LogP contribution in [0.25, 0.3) is 0 Å². The molecule has 4 atom stereocenters. The number of halogens is 1. The highest BCUT2D eigenvalue weighted by Crippen LogP contribution is 2.59. The molecule has 0 unspecified atom stereocenters. The molecule has 0 amide bonds. The summed E-state index contributed by atoms with van der Waals surface area (Å²) in [7, 11) is -1.56. The van der Waals surface area contributed by atoms with Crippen LogP contribution < -0.4 is 0 Å². The van der Waals surface area contributed by atoms with E-state index < -0.39 is 8.32 Å². The Morgan fingerprint density at radius 3 is 2.64 bits per heavy atom. The van der Waals surface area contributed by atoms with Crippen molar-refractivity contribution < 1.29 is 4.43 Å². The lowest BCUT2D eigenvalue weighted by Crippen LogP contribution is -2.37. The smallest absolute Gasteiger partial charge is 0.185 e. The van der Waals surface area contributed by atoms with Gasteiger partial charge in [0, 0.05) is 6.42 Å². The molecular weight excluding hydrogens is 388 g/mol. The van der Waals surface area contributed by atoms with E-state index in [1.54, 1.807) is 5.57 Å². The standard InChI is InChI=1S/C22H37BrOSi/c1-17(10-8-14-21(2,3)24-25(5,6)7)19-12-13-20-18(16-23)11-9-15-22(19,20)4/h16-17,19-20H,9-13,15H2,1-7H3/b18-16+/t17-,19-,20+,22-/m1/s1. The van der Waals surface area contributed by atoms with Gasteiger partial charge in [0.05, 0.1) is 0 Å². The predicted molar refractivity (Wildman–Crippen MR) is 115 cm³/mol. The van der Waals surface area contributed by atoms with Gasteiger partial charge >= 0.3 is 0 Å². The van der Waals surface area contributed by atoms with Crippen LogP contribution in [0.15, 0.2) is 10.6 Å². The molecule has 0 saturated heterocycles. The summed E-state index contributed by atoms with van der Waals surface area (Å²) >= 11 is 3.62. The van der Waals surface area contributed by atoms with Crippen LogP contribution in [0.2, 0.25) is 19.6 Å². The summed E-state index contributed by atoms with van der Waals surface area (Å²) in [5.41, 5.74) is 1.81. The lowest BCUT2D eigenvalue weighted by Gasteiger charge is -2.44. The van der Waals surface area contributed by atoms with Crippen LogP contribution in [0.3, 0.4) is 0 Å². The maximum Gasteiger partial charge on any atom is 0.185 e. The topological polar surface area (TPSA) is 9.23 Å². The second-order valence-electron chi connectivity index (χ2n) is 9.99. The summed E-state index contributed by atoms with van der Waals surface area (Å²) in [6.45, 7) is 15.9. The number of hydrogen-bond acceptors (Lipinski definition) is 1. The average molecular weight is 426 g/mol. The van der Waals surface area contributed by atoms with Gasteiger partial charge in [0.15, 0.2) is 8.32 Å². The van der Waals surface area contributed by atoms with Gasteiger partial charge in [-0.2, -0.15) is 0 Å². The van der Waals surface area contributed by atoms with Gasteiger partial charge < -0.3 is 4.43 Å². The lowest BCUT2D eigenvalue weighted by molar-refractivity contribution is 0.0993. The van der Waals surface area contributed by atoms with Gasteiger partial charge in [-0.05, 0) is 93.7 Å². The molecule has 2 aliphatic carbocycles. The van der Waals surface area contributed by atoms with Crippen molar-refractivity contribution in [2.45, 2.75) is 91.5 Å². The van der Waals surface area contributed by atoms with Gasteiger partial charge in [-0.25, -0.2) is 0 Å². The molecule has 25 heavy (non-hydrogen) atoms. The van der Waals surface area contributed by atoms with Gasteiger partial charge in [0.1, 0.15) is 5.60 Å². The first-order valence-corrected chi connectivity index (χ1v) is 14.3. The molecular formula is C22H37BrOSi. The molecule has 0 radical (unpaired) electrons. The maximum atomic E-state index is 6.22. The summed E-state index contributed by atoms with van der Waals surface area (Å²) in [4.78, 5) is 2.22. The third-order valence-corrected chi connectivity index (χ3v) is 7.95. The van der Waals surface area contributed by atoms with Crippen molar-refractivity contribution in [2.75, 3.05) is 0 Å². The van der Waals surface area contributed by atoms with E-state index in [9.17, 15) is 0 Å². The van der Waals surface area contributed by atoms with Crippen LogP contribution in [-0.4, -0.2) is 13.9 Å². The summed E-state index contributed by atoms with van der Waals surface area (Å²) in [5, 5.41) is 0. The highest BCUT2D eigenvalue weighted by Gasteiger charge is 2.50. The molecule has 0 aromatic heterocycles. The average Bonchev–Trinajstić information content (AvgIpc) is 2.81. The molecule has 0 N–H and O–H groups in total. The molecule has 0 aromatic carbocycles. The zero-order chi connectivity index (χ0) is 18.9. The van der Waals surface area contributed by atoms with E-state index in [2.05, 4.69) is 80.1 Å². The number of fused-ring (bicyclic) bond motifs is 1. The highest BCUT2D eigenvalue weighted by molar-refractivity contribution is 9.11. The molecule has 1 nitrogen and oxygen atoms in total. The lowest BCUT2D eigenvalue weighted by atomic mass is 9.61. The van der Waals surface area contributed by atoms with Crippen molar-refractivity contribution in [1.29, 1.82) is 0 Å². The van der Waals surface area contributed by atoms with Gasteiger partial charge in [0.2, 0.25) is 0 Å². The first-order valence-electron chi connectivity index (χ1n) is 9.98. The fraction of sp³-hybridized carbons (Fsp3) is 0.818. The Bertz CT molecular complexity index is 563. The molecule has 3 heteroatoms.